The summed E-state index contributed by atoms with van der Waals surface area (Å²) in [5.74, 6) is 1.61. The summed E-state index contributed by atoms with van der Waals surface area (Å²) >= 11 is 0. The monoisotopic (exact) mass is 465 g/mol. The van der Waals surface area contributed by atoms with Crippen LogP contribution in [0.15, 0.2) is 4.99 Å². The Balaban J connectivity index is 0.00000312. The molecule has 0 spiro atoms. The molecule has 2 atom stereocenters. The summed E-state index contributed by atoms with van der Waals surface area (Å²) in [5, 5.41) is 6.97. The molecule has 0 saturated carbocycles. The van der Waals surface area contributed by atoms with E-state index in [0.29, 0.717) is 12.0 Å². The first-order valence-electron chi connectivity index (χ1n) is 10.2. The predicted molar refractivity (Wildman–Crippen MR) is 119 cm³/mol. The number of nitrogens with one attached hydrogen (secondary N) is 2. The highest BCUT2D eigenvalue weighted by atomic mass is 127. The van der Waals surface area contributed by atoms with Gasteiger partial charge in [0.25, 0.3) is 0 Å². The van der Waals surface area contributed by atoms with E-state index in [1.807, 2.05) is 0 Å². The summed E-state index contributed by atoms with van der Waals surface area (Å²) in [4.78, 5) is 10.0. The van der Waals surface area contributed by atoms with Crippen molar-refractivity contribution in [2.45, 2.75) is 58.9 Å². The van der Waals surface area contributed by atoms with Crippen molar-refractivity contribution >= 4 is 29.9 Å². The van der Waals surface area contributed by atoms with Gasteiger partial charge in [-0.2, -0.15) is 0 Å². The number of aliphatic imine (C=N–C) groups is 1. The molecule has 2 aliphatic heterocycles. The molecule has 2 rings (SSSR count). The van der Waals surface area contributed by atoms with Gasteiger partial charge in [-0.25, -0.2) is 0 Å². The van der Waals surface area contributed by atoms with Gasteiger partial charge >= 0.3 is 0 Å². The minimum atomic E-state index is 0. The molecule has 2 heterocycles. The van der Waals surface area contributed by atoms with Crippen LogP contribution in [0, 0.1) is 5.92 Å². The van der Waals surface area contributed by atoms with Gasteiger partial charge in [0.2, 0.25) is 0 Å². The molecule has 0 radical (unpaired) electrons. The van der Waals surface area contributed by atoms with Gasteiger partial charge in [0.1, 0.15) is 0 Å². The molecule has 25 heavy (non-hydrogen) atoms. The van der Waals surface area contributed by atoms with Gasteiger partial charge in [0, 0.05) is 32.2 Å². The number of rotatable bonds is 8. The maximum atomic E-state index is 4.84. The minimum Gasteiger partial charge on any atom is -0.357 e. The van der Waals surface area contributed by atoms with Crippen LogP contribution in [0.5, 0.6) is 0 Å². The third kappa shape index (κ3) is 8.43. The maximum Gasteiger partial charge on any atom is 0.191 e. The number of likely N-dealkylation sites (N-methyl/N-ethyl adjacent to an activating group) is 1. The molecule has 2 unspecified atom stereocenters. The quantitative estimate of drug-likeness (QED) is 0.329. The van der Waals surface area contributed by atoms with Crippen molar-refractivity contribution in [3.63, 3.8) is 0 Å². The fraction of sp³-hybridized carbons (Fsp3) is 0.947. The van der Waals surface area contributed by atoms with Crippen molar-refractivity contribution < 1.29 is 0 Å². The van der Waals surface area contributed by atoms with Gasteiger partial charge in [-0.1, -0.05) is 20.3 Å². The number of nitrogens with zero attached hydrogens (tertiary/aromatic N) is 3. The Morgan fingerprint density at radius 3 is 2.52 bits per heavy atom. The molecule has 0 aliphatic carbocycles. The zero-order chi connectivity index (χ0) is 17.2. The molecule has 6 heteroatoms. The van der Waals surface area contributed by atoms with Crippen LogP contribution in [0.25, 0.3) is 0 Å². The van der Waals surface area contributed by atoms with Gasteiger partial charge in [0.05, 0.1) is 0 Å². The van der Waals surface area contributed by atoms with Crippen LogP contribution < -0.4 is 10.6 Å². The third-order valence-electron chi connectivity index (χ3n) is 5.33. The molecule has 0 aromatic carbocycles. The van der Waals surface area contributed by atoms with Gasteiger partial charge in [-0.05, 0) is 64.7 Å². The highest BCUT2D eigenvalue weighted by Crippen LogP contribution is 2.15. The average Bonchev–Trinajstić information content (AvgIpc) is 3.06. The first kappa shape index (κ1) is 23.0. The molecular weight excluding hydrogens is 425 g/mol. The molecule has 5 nitrogen and oxygen atoms in total. The van der Waals surface area contributed by atoms with Crippen LogP contribution in [0.2, 0.25) is 0 Å². The number of hydrogen-bond acceptors (Lipinski definition) is 3. The molecule has 148 valence electrons. The van der Waals surface area contributed by atoms with Gasteiger partial charge in [0.15, 0.2) is 5.96 Å². The number of guanidine groups is 1. The van der Waals surface area contributed by atoms with E-state index in [1.54, 1.807) is 0 Å². The topological polar surface area (TPSA) is 42.9 Å². The summed E-state index contributed by atoms with van der Waals surface area (Å²) in [6, 6.07) is 0.671. The maximum absolute atomic E-state index is 4.84. The molecule has 0 bridgehead atoms. The predicted octanol–water partition coefficient (Wildman–Crippen LogP) is 2.77. The van der Waals surface area contributed by atoms with Crippen molar-refractivity contribution in [3.05, 3.63) is 0 Å². The van der Waals surface area contributed by atoms with Crippen molar-refractivity contribution in [2.75, 3.05) is 52.4 Å². The van der Waals surface area contributed by atoms with Crippen molar-refractivity contribution in [1.82, 2.24) is 20.4 Å². The largest absolute Gasteiger partial charge is 0.357 e. The second-order valence-corrected chi connectivity index (χ2v) is 7.49. The molecule has 0 amide bonds. The van der Waals surface area contributed by atoms with E-state index in [0.717, 1.165) is 32.1 Å². The summed E-state index contributed by atoms with van der Waals surface area (Å²) in [7, 11) is 0. The van der Waals surface area contributed by atoms with Gasteiger partial charge in [-0.3, -0.25) is 9.89 Å². The second-order valence-electron chi connectivity index (χ2n) is 7.49. The summed E-state index contributed by atoms with van der Waals surface area (Å²) in [6.45, 7) is 15.7. The van der Waals surface area contributed by atoms with Crippen molar-refractivity contribution in [3.8, 4) is 0 Å². The van der Waals surface area contributed by atoms with Crippen LogP contribution in [0.1, 0.15) is 52.9 Å². The molecule has 0 aromatic rings. The third-order valence-corrected chi connectivity index (χ3v) is 5.33. The first-order chi connectivity index (χ1) is 11.7. The lowest BCUT2D eigenvalue weighted by molar-refractivity contribution is 0.203. The lowest BCUT2D eigenvalue weighted by Crippen LogP contribution is -2.45. The number of piperidine rings is 1. The van der Waals surface area contributed by atoms with E-state index >= 15 is 0 Å². The Morgan fingerprint density at radius 2 is 1.84 bits per heavy atom. The fourth-order valence-electron chi connectivity index (χ4n) is 3.99. The van der Waals surface area contributed by atoms with E-state index in [9.17, 15) is 0 Å². The number of hydrogen-bond donors (Lipinski definition) is 2. The summed E-state index contributed by atoms with van der Waals surface area (Å²) < 4.78 is 0. The zero-order valence-electron chi connectivity index (χ0n) is 16.6. The van der Waals surface area contributed by atoms with Gasteiger partial charge < -0.3 is 15.5 Å². The standard InChI is InChI=1S/C19H39N5.HI/c1-4-20-19(22-15-18-10-9-13-24(18)5-2)21-14-17(3)16-23-11-7-6-8-12-23;/h17-18H,4-16H2,1-3H3,(H2,20,21,22);1H. The van der Waals surface area contributed by atoms with Crippen molar-refractivity contribution in [1.29, 1.82) is 0 Å². The fourth-order valence-corrected chi connectivity index (χ4v) is 3.99. The highest BCUT2D eigenvalue weighted by Gasteiger charge is 2.22. The van der Waals surface area contributed by atoms with Crippen LogP contribution >= 0.6 is 24.0 Å². The second kappa shape index (κ2) is 13.1. The highest BCUT2D eigenvalue weighted by molar-refractivity contribution is 14.0. The summed E-state index contributed by atoms with van der Waals surface area (Å²) in [5.41, 5.74) is 0. The number of likely N-dealkylation sites (tertiary alicyclic amines) is 2. The van der Waals surface area contributed by atoms with Crippen molar-refractivity contribution in [2.24, 2.45) is 10.9 Å². The molecule has 2 N–H and O–H groups in total. The smallest absolute Gasteiger partial charge is 0.191 e. The van der Waals surface area contributed by atoms with E-state index in [1.165, 1.54) is 58.3 Å². The average molecular weight is 465 g/mol. The van der Waals surface area contributed by atoms with E-state index in [2.05, 4.69) is 41.2 Å². The summed E-state index contributed by atoms with van der Waals surface area (Å²) in [6.07, 6.45) is 6.80. The Morgan fingerprint density at radius 1 is 1.08 bits per heavy atom. The lowest BCUT2D eigenvalue weighted by Gasteiger charge is -2.28. The number of halogens is 1. The SMILES string of the molecule is CCNC(=NCC(C)CN1CCCCC1)NCC1CCCN1CC.I. The molecule has 2 aliphatic rings. The van der Waals surface area contributed by atoms with E-state index in [-0.39, 0.29) is 24.0 Å². The molecule has 2 saturated heterocycles. The van der Waals surface area contributed by atoms with Crippen LogP contribution in [0.3, 0.4) is 0 Å². The van der Waals surface area contributed by atoms with Crippen LogP contribution in [0.4, 0.5) is 0 Å². The van der Waals surface area contributed by atoms with E-state index < -0.39 is 0 Å². The Hall–Kier alpha value is -0.0800. The van der Waals surface area contributed by atoms with Crippen LogP contribution in [-0.2, 0) is 0 Å². The molecule has 0 aromatic heterocycles. The molecule has 2 fully saturated rings. The first-order valence-corrected chi connectivity index (χ1v) is 10.2. The van der Waals surface area contributed by atoms with Gasteiger partial charge in [-0.15, -0.1) is 24.0 Å². The van der Waals surface area contributed by atoms with E-state index in [4.69, 9.17) is 4.99 Å². The van der Waals surface area contributed by atoms with Crippen LogP contribution in [-0.4, -0.2) is 74.2 Å². The minimum absolute atomic E-state index is 0. The normalized spacial score (nSPS) is 24.0. The Labute approximate surface area is 172 Å². The lowest BCUT2D eigenvalue weighted by atomic mass is 10.1. The zero-order valence-corrected chi connectivity index (χ0v) is 18.9. The molecular formula is C19H40IN5. The Kier molecular flexibility index (Phi) is 12.1. The Bertz CT molecular complexity index is 371.